The monoisotopic (exact) mass is 436 g/mol. The minimum Gasteiger partial charge on any atom is -0.352 e. The van der Waals surface area contributed by atoms with E-state index >= 15 is 0 Å². The standard InChI is InChI=1S/C22H36N4O3S/c1-19-8-9-20(30(28,29)26-12-5-3-4-6-13-26)18-21(19)22(27)23-10-7-11-25-16-14-24(2)15-17-25/h8-9,18H,3-7,10-17H2,1-2H3,(H,23,27). The molecule has 2 saturated heterocycles. The van der Waals surface area contributed by atoms with Crippen molar-refractivity contribution in [2.24, 2.45) is 0 Å². The van der Waals surface area contributed by atoms with Gasteiger partial charge in [0.25, 0.3) is 5.91 Å². The molecule has 3 rings (SSSR count). The number of nitrogens with zero attached hydrogens (tertiary/aromatic N) is 3. The Morgan fingerprint density at radius 2 is 1.67 bits per heavy atom. The lowest BCUT2D eigenvalue weighted by molar-refractivity contribution is 0.0948. The summed E-state index contributed by atoms with van der Waals surface area (Å²) in [5, 5.41) is 2.97. The fraction of sp³-hybridized carbons (Fsp3) is 0.682. The molecule has 168 valence electrons. The topological polar surface area (TPSA) is 73.0 Å². The maximum Gasteiger partial charge on any atom is 0.251 e. The van der Waals surface area contributed by atoms with E-state index in [2.05, 4.69) is 22.2 Å². The van der Waals surface area contributed by atoms with Gasteiger partial charge in [0.05, 0.1) is 4.90 Å². The Kier molecular flexibility index (Phi) is 8.27. The fourth-order valence-electron chi connectivity index (χ4n) is 4.11. The van der Waals surface area contributed by atoms with Crippen molar-refractivity contribution in [2.45, 2.75) is 43.9 Å². The van der Waals surface area contributed by atoms with Crippen molar-refractivity contribution in [3.63, 3.8) is 0 Å². The molecule has 7 nitrogen and oxygen atoms in total. The summed E-state index contributed by atoms with van der Waals surface area (Å²) in [6.45, 7) is 8.84. The van der Waals surface area contributed by atoms with Crippen molar-refractivity contribution in [3.8, 4) is 0 Å². The van der Waals surface area contributed by atoms with Crippen molar-refractivity contribution < 1.29 is 13.2 Å². The summed E-state index contributed by atoms with van der Waals surface area (Å²) < 4.78 is 27.7. The zero-order valence-corrected chi connectivity index (χ0v) is 19.2. The molecular weight excluding hydrogens is 400 g/mol. The Morgan fingerprint density at radius 3 is 2.33 bits per heavy atom. The third-order valence-corrected chi connectivity index (χ3v) is 8.08. The number of benzene rings is 1. The van der Waals surface area contributed by atoms with E-state index in [0.717, 1.165) is 70.4 Å². The van der Waals surface area contributed by atoms with Gasteiger partial charge in [-0.3, -0.25) is 4.79 Å². The lowest BCUT2D eigenvalue weighted by atomic mass is 10.1. The summed E-state index contributed by atoms with van der Waals surface area (Å²) >= 11 is 0. The third-order valence-electron chi connectivity index (χ3n) is 6.19. The van der Waals surface area contributed by atoms with E-state index < -0.39 is 10.0 Å². The van der Waals surface area contributed by atoms with Crippen molar-refractivity contribution >= 4 is 15.9 Å². The minimum atomic E-state index is -3.56. The molecule has 1 amide bonds. The van der Waals surface area contributed by atoms with Crippen molar-refractivity contribution in [1.82, 2.24) is 19.4 Å². The van der Waals surface area contributed by atoms with Gasteiger partial charge in [-0.1, -0.05) is 18.9 Å². The first kappa shape index (κ1) is 23.2. The molecule has 0 unspecified atom stereocenters. The molecule has 2 fully saturated rings. The summed E-state index contributed by atoms with van der Waals surface area (Å²) in [4.78, 5) is 17.7. The zero-order chi connectivity index (χ0) is 21.6. The van der Waals surface area contributed by atoms with Crippen LogP contribution < -0.4 is 5.32 Å². The third kappa shape index (κ3) is 6.03. The average molecular weight is 437 g/mol. The SMILES string of the molecule is Cc1ccc(S(=O)(=O)N2CCCCCC2)cc1C(=O)NCCCN1CCN(C)CC1. The molecular formula is C22H36N4O3S. The van der Waals surface area contributed by atoms with Gasteiger partial charge in [0, 0.05) is 51.4 Å². The molecule has 2 aliphatic heterocycles. The normalized spacial score (nSPS) is 20.1. The highest BCUT2D eigenvalue weighted by Gasteiger charge is 2.26. The Labute approximate surface area is 181 Å². The van der Waals surface area contributed by atoms with E-state index in [1.807, 2.05) is 6.92 Å². The number of sulfonamides is 1. The predicted molar refractivity (Wildman–Crippen MR) is 119 cm³/mol. The van der Waals surface area contributed by atoms with Gasteiger partial charge < -0.3 is 15.1 Å². The second-order valence-electron chi connectivity index (χ2n) is 8.55. The first-order valence-corrected chi connectivity index (χ1v) is 12.6. The van der Waals surface area contributed by atoms with Crippen LogP contribution in [-0.4, -0.2) is 87.8 Å². The number of rotatable bonds is 7. The summed E-state index contributed by atoms with van der Waals surface area (Å²) in [7, 11) is -1.42. The van der Waals surface area contributed by atoms with Gasteiger partial charge in [-0.15, -0.1) is 0 Å². The molecule has 8 heteroatoms. The summed E-state index contributed by atoms with van der Waals surface area (Å²) in [6.07, 6.45) is 4.82. The molecule has 0 aliphatic carbocycles. The zero-order valence-electron chi connectivity index (χ0n) is 18.4. The highest BCUT2D eigenvalue weighted by Crippen LogP contribution is 2.22. The maximum atomic E-state index is 13.1. The van der Waals surface area contributed by atoms with Crippen molar-refractivity contribution in [1.29, 1.82) is 0 Å². The van der Waals surface area contributed by atoms with Crippen LogP contribution in [0.1, 0.15) is 48.0 Å². The smallest absolute Gasteiger partial charge is 0.251 e. The summed E-state index contributed by atoms with van der Waals surface area (Å²) in [6, 6.07) is 4.91. The average Bonchev–Trinajstić information content (AvgIpc) is 3.03. The van der Waals surface area contributed by atoms with Crippen LogP contribution in [0.5, 0.6) is 0 Å². The second-order valence-corrected chi connectivity index (χ2v) is 10.5. The highest BCUT2D eigenvalue weighted by atomic mass is 32.2. The van der Waals surface area contributed by atoms with Crippen LogP contribution in [0.25, 0.3) is 0 Å². The van der Waals surface area contributed by atoms with Crippen LogP contribution >= 0.6 is 0 Å². The number of nitrogens with one attached hydrogen (secondary N) is 1. The van der Waals surface area contributed by atoms with Crippen LogP contribution in [0.15, 0.2) is 23.1 Å². The van der Waals surface area contributed by atoms with Crippen molar-refractivity contribution in [2.75, 3.05) is 59.4 Å². The molecule has 2 aliphatic rings. The Hall–Kier alpha value is -1.48. The Morgan fingerprint density at radius 1 is 1.00 bits per heavy atom. The second kappa shape index (κ2) is 10.7. The molecule has 2 heterocycles. The molecule has 0 saturated carbocycles. The van der Waals surface area contributed by atoms with Crippen LogP contribution in [0, 0.1) is 6.92 Å². The molecule has 1 aromatic rings. The first-order valence-electron chi connectivity index (χ1n) is 11.2. The van der Waals surface area contributed by atoms with Gasteiger partial charge in [-0.2, -0.15) is 4.31 Å². The van der Waals surface area contributed by atoms with Crippen LogP contribution in [0.3, 0.4) is 0 Å². The van der Waals surface area contributed by atoms with E-state index in [9.17, 15) is 13.2 Å². The van der Waals surface area contributed by atoms with E-state index in [1.165, 1.54) is 0 Å². The highest BCUT2D eigenvalue weighted by molar-refractivity contribution is 7.89. The number of likely N-dealkylation sites (N-methyl/N-ethyl adjacent to an activating group) is 1. The van der Waals surface area contributed by atoms with Gasteiger partial charge >= 0.3 is 0 Å². The molecule has 0 atom stereocenters. The van der Waals surface area contributed by atoms with Crippen LogP contribution in [0.2, 0.25) is 0 Å². The number of amides is 1. The van der Waals surface area contributed by atoms with Gasteiger partial charge in [0.2, 0.25) is 10.0 Å². The molecule has 1 N–H and O–H groups in total. The van der Waals surface area contributed by atoms with Crippen LogP contribution in [0.4, 0.5) is 0 Å². The minimum absolute atomic E-state index is 0.196. The number of carbonyl (C=O) groups excluding carboxylic acids is 1. The number of aryl methyl sites for hydroxylation is 1. The van der Waals surface area contributed by atoms with Crippen molar-refractivity contribution in [3.05, 3.63) is 29.3 Å². The lowest BCUT2D eigenvalue weighted by Gasteiger charge is -2.32. The van der Waals surface area contributed by atoms with Gasteiger partial charge in [0.15, 0.2) is 0 Å². The molecule has 0 spiro atoms. The Bertz CT molecular complexity index is 812. The summed E-state index contributed by atoms with van der Waals surface area (Å²) in [5.74, 6) is -0.196. The van der Waals surface area contributed by atoms with E-state index in [4.69, 9.17) is 0 Å². The Balaban J connectivity index is 1.58. The lowest BCUT2D eigenvalue weighted by Crippen LogP contribution is -2.45. The molecule has 1 aromatic carbocycles. The number of piperazine rings is 1. The number of hydrogen-bond donors (Lipinski definition) is 1. The van der Waals surface area contributed by atoms with E-state index in [0.29, 0.717) is 25.2 Å². The molecule has 0 bridgehead atoms. The largest absolute Gasteiger partial charge is 0.352 e. The van der Waals surface area contributed by atoms with E-state index in [-0.39, 0.29) is 10.8 Å². The number of carbonyl (C=O) groups is 1. The fourth-order valence-corrected chi connectivity index (χ4v) is 5.65. The van der Waals surface area contributed by atoms with Gasteiger partial charge in [-0.25, -0.2) is 8.42 Å². The quantitative estimate of drug-likeness (QED) is 0.661. The van der Waals surface area contributed by atoms with E-state index in [1.54, 1.807) is 22.5 Å². The molecule has 30 heavy (non-hydrogen) atoms. The maximum absolute atomic E-state index is 13.1. The first-order chi connectivity index (χ1) is 14.4. The predicted octanol–water partition coefficient (Wildman–Crippen LogP) is 1.93. The molecule has 0 aromatic heterocycles. The van der Waals surface area contributed by atoms with Gasteiger partial charge in [0.1, 0.15) is 0 Å². The van der Waals surface area contributed by atoms with Gasteiger partial charge in [-0.05, 0) is 57.5 Å². The summed E-state index contributed by atoms with van der Waals surface area (Å²) in [5.41, 5.74) is 1.24. The molecule has 0 radical (unpaired) electrons. The van der Waals surface area contributed by atoms with Crippen LogP contribution in [-0.2, 0) is 10.0 Å². The number of hydrogen-bond acceptors (Lipinski definition) is 5.